The van der Waals surface area contributed by atoms with Gasteiger partial charge < -0.3 is 19.4 Å². The summed E-state index contributed by atoms with van der Waals surface area (Å²) in [6.45, 7) is 3.95. The molecule has 0 saturated heterocycles. The van der Waals surface area contributed by atoms with Gasteiger partial charge in [0.15, 0.2) is 0 Å². The van der Waals surface area contributed by atoms with Crippen LogP contribution >= 0.6 is 15.9 Å². The van der Waals surface area contributed by atoms with E-state index in [0.29, 0.717) is 6.54 Å². The third-order valence-electron chi connectivity index (χ3n) is 6.30. The van der Waals surface area contributed by atoms with Crippen LogP contribution in [0, 0.1) is 5.92 Å². The zero-order valence-electron chi connectivity index (χ0n) is 19.0. The molecule has 2 aliphatic rings. The molecule has 4 rings (SSSR count). The smallest absolute Gasteiger partial charge is 0.302 e. The van der Waals surface area contributed by atoms with Crippen molar-refractivity contribution < 1.29 is 23.9 Å². The van der Waals surface area contributed by atoms with E-state index in [0.717, 1.165) is 27.7 Å². The van der Waals surface area contributed by atoms with Gasteiger partial charge in [0.05, 0.1) is 23.6 Å². The number of aromatic amines is 1. The second-order valence-corrected chi connectivity index (χ2v) is 9.33. The van der Waals surface area contributed by atoms with Gasteiger partial charge >= 0.3 is 11.9 Å². The van der Waals surface area contributed by atoms with Gasteiger partial charge in [0.25, 0.3) is 0 Å². The van der Waals surface area contributed by atoms with E-state index >= 15 is 0 Å². The highest BCUT2D eigenvalue weighted by molar-refractivity contribution is 9.10. The Kier molecular flexibility index (Phi) is 6.90. The van der Waals surface area contributed by atoms with Crippen LogP contribution in [0.5, 0.6) is 0 Å². The summed E-state index contributed by atoms with van der Waals surface area (Å²) in [5.41, 5.74) is 4.65. The average Bonchev–Trinajstić information content (AvgIpc) is 3.08. The number of carbonyl (C=O) groups excluding carboxylic acids is 3. The molecule has 0 spiro atoms. The molecule has 176 valence electrons. The fourth-order valence-corrected chi connectivity index (χ4v) is 5.39. The normalized spacial score (nSPS) is 19.6. The van der Waals surface area contributed by atoms with E-state index in [4.69, 9.17) is 9.47 Å². The van der Waals surface area contributed by atoms with Crippen LogP contribution in [-0.2, 0) is 30.3 Å². The summed E-state index contributed by atoms with van der Waals surface area (Å²) < 4.78 is 11.1. The van der Waals surface area contributed by atoms with Crippen LogP contribution < -0.4 is 0 Å². The number of nitrogens with zero attached hydrogens (tertiary/aromatic N) is 2. The van der Waals surface area contributed by atoms with Gasteiger partial charge in [-0.25, -0.2) is 0 Å². The highest BCUT2D eigenvalue weighted by Crippen LogP contribution is 2.43. The van der Waals surface area contributed by atoms with Gasteiger partial charge in [-0.15, -0.1) is 0 Å². The summed E-state index contributed by atoms with van der Waals surface area (Å²) in [6, 6.07) is 6.40. The lowest BCUT2D eigenvalue weighted by atomic mass is 9.79. The molecule has 2 atom stereocenters. The maximum Gasteiger partial charge on any atom is 0.302 e. The second-order valence-electron chi connectivity index (χ2n) is 8.54. The molecule has 9 heteroatoms. The van der Waals surface area contributed by atoms with Crippen molar-refractivity contribution in [1.29, 1.82) is 0 Å². The predicted molar refractivity (Wildman–Crippen MR) is 127 cm³/mol. The van der Waals surface area contributed by atoms with Crippen LogP contribution in [0.4, 0.5) is 0 Å². The SMILES string of the molecule is CC(=O)OCCN(CCOC(C)=O)C(=O)[C@@H]1C=C2c3cccc4[nH]c(Br)c(c34)C[C@H]2N(C)C1. The molecule has 2 aromatic rings. The number of amides is 1. The zero-order chi connectivity index (χ0) is 23.7. The summed E-state index contributed by atoms with van der Waals surface area (Å²) in [5, 5.41) is 1.20. The molecule has 1 aliphatic heterocycles. The first-order valence-corrected chi connectivity index (χ1v) is 11.8. The monoisotopic (exact) mass is 517 g/mol. The maximum atomic E-state index is 13.5. The molecule has 1 aromatic heterocycles. The second kappa shape index (κ2) is 9.69. The predicted octanol–water partition coefficient (Wildman–Crippen LogP) is 2.75. The van der Waals surface area contributed by atoms with E-state index in [-0.39, 0.29) is 44.2 Å². The molecule has 2 heterocycles. The molecular formula is C24H28BrN3O5. The molecule has 1 N–H and O–H groups in total. The third kappa shape index (κ3) is 4.84. The minimum atomic E-state index is -0.395. The number of nitrogens with one attached hydrogen (secondary N) is 1. The molecule has 1 amide bonds. The molecule has 0 saturated carbocycles. The van der Waals surface area contributed by atoms with Crippen molar-refractivity contribution in [3.63, 3.8) is 0 Å². The molecule has 1 aliphatic carbocycles. The Labute approximate surface area is 201 Å². The Bertz CT molecular complexity index is 1100. The van der Waals surface area contributed by atoms with Crippen molar-refractivity contribution in [2.24, 2.45) is 5.92 Å². The molecule has 0 unspecified atom stereocenters. The van der Waals surface area contributed by atoms with E-state index < -0.39 is 11.9 Å². The lowest BCUT2D eigenvalue weighted by Gasteiger charge is -2.40. The number of hydrogen-bond donors (Lipinski definition) is 1. The van der Waals surface area contributed by atoms with Gasteiger partial charge in [-0.05, 0) is 52.2 Å². The minimum Gasteiger partial charge on any atom is -0.464 e. The van der Waals surface area contributed by atoms with Crippen LogP contribution in [0.25, 0.3) is 16.5 Å². The summed E-state index contributed by atoms with van der Waals surface area (Å²) in [5.74, 6) is -1.21. The van der Waals surface area contributed by atoms with E-state index in [1.807, 2.05) is 13.1 Å². The molecule has 0 radical (unpaired) electrons. The van der Waals surface area contributed by atoms with Crippen LogP contribution in [0.2, 0.25) is 0 Å². The summed E-state index contributed by atoms with van der Waals surface area (Å²) in [7, 11) is 2.05. The van der Waals surface area contributed by atoms with Gasteiger partial charge in [0, 0.05) is 37.3 Å². The van der Waals surface area contributed by atoms with Gasteiger partial charge in [0.2, 0.25) is 5.91 Å². The number of rotatable bonds is 7. The summed E-state index contributed by atoms with van der Waals surface area (Å²) in [6.07, 6.45) is 2.96. The first-order valence-electron chi connectivity index (χ1n) is 11.0. The first-order chi connectivity index (χ1) is 15.8. The van der Waals surface area contributed by atoms with Crippen LogP contribution in [0.15, 0.2) is 28.9 Å². The molecule has 1 aromatic carbocycles. The van der Waals surface area contributed by atoms with E-state index in [1.165, 1.54) is 24.8 Å². The van der Waals surface area contributed by atoms with Crippen molar-refractivity contribution in [2.45, 2.75) is 26.3 Å². The summed E-state index contributed by atoms with van der Waals surface area (Å²) in [4.78, 5) is 43.1. The molecular weight excluding hydrogens is 490 g/mol. The fraction of sp³-hybridized carbons (Fsp3) is 0.458. The van der Waals surface area contributed by atoms with Gasteiger partial charge in [-0.2, -0.15) is 0 Å². The minimum absolute atomic E-state index is 0.0691. The number of halogens is 1. The highest BCUT2D eigenvalue weighted by atomic mass is 79.9. The molecule has 0 fully saturated rings. The molecule has 0 bridgehead atoms. The lowest BCUT2D eigenvalue weighted by molar-refractivity contribution is -0.146. The van der Waals surface area contributed by atoms with Gasteiger partial charge in [-0.3, -0.25) is 19.3 Å². The highest BCUT2D eigenvalue weighted by Gasteiger charge is 2.37. The van der Waals surface area contributed by atoms with Gasteiger partial charge in [0.1, 0.15) is 13.2 Å². The Balaban J connectivity index is 1.61. The topological polar surface area (TPSA) is 91.9 Å². The summed E-state index contributed by atoms with van der Waals surface area (Å²) >= 11 is 3.67. The number of likely N-dealkylation sites (N-methyl/N-ethyl adjacent to an activating group) is 1. The maximum absolute atomic E-state index is 13.5. The van der Waals surface area contributed by atoms with Crippen LogP contribution in [0.1, 0.15) is 25.0 Å². The fourth-order valence-electron chi connectivity index (χ4n) is 4.82. The van der Waals surface area contributed by atoms with Crippen molar-refractivity contribution in [2.75, 3.05) is 39.9 Å². The van der Waals surface area contributed by atoms with Crippen LogP contribution in [-0.4, -0.2) is 78.6 Å². The Hall–Kier alpha value is -2.65. The number of aromatic nitrogens is 1. The Morgan fingerprint density at radius 3 is 2.45 bits per heavy atom. The number of benzene rings is 1. The van der Waals surface area contributed by atoms with Crippen molar-refractivity contribution in [3.05, 3.63) is 40.0 Å². The van der Waals surface area contributed by atoms with E-state index in [2.05, 4.69) is 44.0 Å². The molecule has 8 nitrogen and oxygen atoms in total. The van der Waals surface area contributed by atoms with Crippen molar-refractivity contribution in [3.8, 4) is 0 Å². The largest absolute Gasteiger partial charge is 0.464 e. The number of carbonyl (C=O) groups is 3. The van der Waals surface area contributed by atoms with Crippen molar-refractivity contribution in [1.82, 2.24) is 14.8 Å². The van der Waals surface area contributed by atoms with Gasteiger partial charge in [-0.1, -0.05) is 18.2 Å². The van der Waals surface area contributed by atoms with Crippen molar-refractivity contribution >= 4 is 50.3 Å². The zero-order valence-corrected chi connectivity index (χ0v) is 20.6. The molecule has 33 heavy (non-hydrogen) atoms. The lowest BCUT2D eigenvalue weighted by Crippen LogP contribution is -2.48. The quantitative estimate of drug-likeness (QED) is 0.567. The number of fused-ring (bicyclic) bond motifs is 2. The average molecular weight is 518 g/mol. The first kappa shape index (κ1) is 23.5. The number of hydrogen-bond acceptors (Lipinski definition) is 6. The third-order valence-corrected chi connectivity index (χ3v) is 6.98. The van der Waals surface area contributed by atoms with Crippen LogP contribution in [0.3, 0.4) is 0 Å². The number of ether oxygens (including phenoxy) is 2. The Morgan fingerprint density at radius 1 is 1.15 bits per heavy atom. The van der Waals surface area contributed by atoms with E-state index in [9.17, 15) is 14.4 Å². The standard InChI is InChI=1S/C24H28BrN3O5/c1-14(29)32-9-7-28(8-10-33-15(2)30)24(31)16-11-18-17-5-4-6-20-22(17)19(23(25)26-20)12-21(18)27(3)13-16/h4-6,11,16,21,26H,7-10,12-13H2,1-3H3/t16-,21-/m1/s1. The van der Waals surface area contributed by atoms with E-state index in [1.54, 1.807) is 4.90 Å². The number of esters is 2. The number of H-pyrrole nitrogens is 1. The Morgan fingerprint density at radius 2 is 1.82 bits per heavy atom.